The lowest BCUT2D eigenvalue weighted by Crippen LogP contribution is -2.47. The van der Waals surface area contributed by atoms with Gasteiger partial charge in [0.15, 0.2) is 0 Å². The Morgan fingerprint density at radius 3 is 2.52 bits per heavy atom. The Hall–Kier alpha value is -1.02. The van der Waals surface area contributed by atoms with E-state index in [1.165, 1.54) is 29.7 Å². The normalized spacial score (nSPS) is 29.4. The van der Waals surface area contributed by atoms with E-state index in [1.807, 2.05) is 0 Å². The van der Waals surface area contributed by atoms with Crippen molar-refractivity contribution in [2.45, 2.75) is 46.6 Å². The molecule has 1 aromatic rings. The second kappa shape index (κ2) is 6.83. The second-order valence-electron chi connectivity index (χ2n) is 7.28. The molecule has 0 saturated heterocycles. The minimum absolute atomic E-state index is 0.650. The van der Waals surface area contributed by atoms with E-state index in [1.54, 1.807) is 0 Å². The predicted octanol–water partition coefficient (Wildman–Crippen LogP) is 4.01. The summed E-state index contributed by atoms with van der Waals surface area (Å²) in [6.45, 7) is 10.4. The average Bonchev–Trinajstić information content (AvgIpc) is 2.41. The van der Waals surface area contributed by atoms with E-state index in [0.29, 0.717) is 6.04 Å². The molecule has 21 heavy (non-hydrogen) atoms. The van der Waals surface area contributed by atoms with Gasteiger partial charge in [-0.1, -0.05) is 31.5 Å². The lowest BCUT2D eigenvalue weighted by atomic mass is 9.72. The number of nitrogens with zero attached hydrogens (tertiary/aromatic N) is 1. The highest BCUT2D eigenvalue weighted by atomic mass is 15.1. The lowest BCUT2D eigenvalue weighted by molar-refractivity contribution is 0.158. The van der Waals surface area contributed by atoms with Crippen LogP contribution in [0.4, 0.5) is 5.69 Å². The van der Waals surface area contributed by atoms with Crippen LogP contribution in [0.15, 0.2) is 18.2 Å². The van der Waals surface area contributed by atoms with Crippen LogP contribution < -0.4 is 10.2 Å². The fourth-order valence-electron chi connectivity index (χ4n) is 4.20. The van der Waals surface area contributed by atoms with E-state index in [-0.39, 0.29) is 0 Å². The minimum atomic E-state index is 0.650. The largest absolute Gasteiger partial charge is 0.374 e. The summed E-state index contributed by atoms with van der Waals surface area (Å²) in [5.41, 5.74) is 4.11. The van der Waals surface area contributed by atoms with Gasteiger partial charge in [0.25, 0.3) is 0 Å². The van der Waals surface area contributed by atoms with E-state index in [2.05, 4.69) is 70.2 Å². The molecule has 1 aliphatic rings. The van der Waals surface area contributed by atoms with Crippen molar-refractivity contribution in [2.75, 3.05) is 25.5 Å². The smallest absolute Gasteiger partial charge is 0.0393 e. The molecule has 1 fully saturated rings. The number of benzene rings is 1. The SMILES string of the molecule is CNC1CC(C)CC(C)C1CN(C)c1ccc(C)cc1C. The maximum absolute atomic E-state index is 3.57. The Morgan fingerprint density at radius 2 is 1.90 bits per heavy atom. The Bertz CT molecular complexity index is 469. The van der Waals surface area contributed by atoms with Gasteiger partial charge in [-0.05, 0) is 63.1 Å². The van der Waals surface area contributed by atoms with Gasteiger partial charge in [-0.25, -0.2) is 0 Å². The zero-order valence-electron chi connectivity index (χ0n) is 14.6. The number of aryl methyl sites for hydroxylation is 2. The summed E-state index contributed by atoms with van der Waals surface area (Å²) in [4.78, 5) is 2.45. The first-order valence-electron chi connectivity index (χ1n) is 8.38. The molecule has 2 nitrogen and oxygen atoms in total. The highest BCUT2D eigenvalue weighted by Crippen LogP contribution is 2.35. The Kier molecular flexibility index (Phi) is 5.32. The van der Waals surface area contributed by atoms with E-state index in [9.17, 15) is 0 Å². The lowest BCUT2D eigenvalue weighted by Gasteiger charge is -2.42. The molecule has 0 spiro atoms. The van der Waals surface area contributed by atoms with Crippen molar-refractivity contribution in [3.8, 4) is 0 Å². The van der Waals surface area contributed by atoms with Crippen LogP contribution in [0, 0.1) is 31.6 Å². The first-order valence-corrected chi connectivity index (χ1v) is 8.38. The molecule has 2 heteroatoms. The molecule has 4 unspecified atom stereocenters. The van der Waals surface area contributed by atoms with Crippen LogP contribution in [0.1, 0.15) is 37.8 Å². The van der Waals surface area contributed by atoms with Crippen molar-refractivity contribution in [3.63, 3.8) is 0 Å². The summed E-state index contributed by atoms with van der Waals surface area (Å²) in [6, 6.07) is 7.43. The van der Waals surface area contributed by atoms with Crippen molar-refractivity contribution < 1.29 is 0 Å². The molecule has 1 aliphatic carbocycles. The van der Waals surface area contributed by atoms with Gasteiger partial charge in [0, 0.05) is 25.3 Å². The van der Waals surface area contributed by atoms with Crippen molar-refractivity contribution >= 4 is 5.69 Å². The molecule has 1 aromatic carbocycles. The first kappa shape index (κ1) is 16.4. The second-order valence-corrected chi connectivity index (χ2v) is 7.28. The van der Waals surface area contributed by atoms with E-state index in [0.717, 1.165) is 24.3 Å². The zero-order chi connectivity index (χ0) is 15.6. The van der Waals surface area contributed by atoms with Gasteiger partial charge < -0.3 is 10.2 Å². The van der Waals surface area contributed by atoms with Crippen molar-refractivity contribution in [1.82, 2.24) is 5.32 Å². The maximum atomic E-state index is 3.57. The van der Waals surface area contributed by atoms with Gasteiger partial charge in [-0.2, -0.15) is 0 Å². The van der Waals surface area contributed by atoms with Gasteiger partial charge in [-0.3, -0.25) is 0 Å². The van der Waals surface area contributed by atoms with Crippen LogP contribution in [0.25, 0.3) is 0 Å². The molecule has 0 heterocycles. The fourth-order valence-corrected chi connectivity index (χ4v) is 4.20. The molecular weight excluding hydrogens is 256 g/mol. The van der Waals surface area contributed by atoms with Gasteiger partial charge in [0.2, 0.25) is 0 Å². The van der Waals surface area contributed by atoms with Gasteiger partial charge in [0.1, 0.15) is 0 Å². The quantitative estimate of drug-likeness (QED) is 0.900. The van der Waals surface area contributed by atoms with Crippen molar-refractivity contribution in [1.29, 1.82) is 0 Å². The molecule has 0 aliphatic heterocycles. The number of anilines is 1. The number of rotatable bonds is 4. The summed E-state index contributed by atoms with van der Waals surface area (Å²) in [5.74, 6) is 2.37. The molecule has 4 atom stereocenters. The fraction of sp³-hybridized carbons (Fsp3) is 0.684. The van der Waals surface area contributed by atoms with E-state index in [4.69, 9.17) is 0 Å². The predicted molar refractivity (Wildman–Crippen MR) is 93.1 cm³/mol. The number of hydrogen-bond acceptors (Lipinski definition) is 2. The van der Waals surface area contributed by atoms with Crippen LogP contribution in [-0.4, -0.2) is 26.7 Å². The van der Waals surface area contributed by atoms with Gasteiger partial charge >= 0.3 is 0 Å². The molecule has 1 saturated carbocycles. The number of nitrogens with one attached hydrogen (secondary N) is 1. The zero-order valence-corrected chi connectivity index (χ0v) is 14.6. The van der Waals surface area contributed by atoms with Gasteiger partial charge in [-0.15, -0.1) is 0 Å². The summed E-state index contributed by atoms with van der Waals surface area (Å²) < 4.78 is 0. The van der Waals surface area contributed by atoms with Crippen LogP contribution in [0.5, 0.6) is 0 Å². The van der Waals surface area contributed by atoms with Crippen LogP contribution in [-0.2, 0) is 0 Å². The molecule has 0 amide bonds. The molecule has 2 rings (SSSR count). The Balaban J connectivity index is 2.11. The molecular formula is C19H32N2. The Labute approximate surface area is 130 Å². The first-order chi connectivity index (χ1) is 9.92. The van der Waals surface area contributed by atoms with E-state index < -0.39 is 0 Å². The minimum Gasteiger partial charge on any atom is -0.374 e. The number of hydrogen-bond donors (Lipinski definition) is 1. The van der Waals surface area contributed by atoms with E-state index >= 15 is 0 Å². The average molecular weight is 288 g/mol. The molecule has 0 radical (unpaired) electrons. The summed E-state index contributed by atoms with van der Waals surface area (Å²) in [7, 11) is 4.37. The third-order valence-electron chi connectivity index (χ3n) is 5.30. The molecule has 118 valence electrons. The maximum Gasteiger partial charge on any atom is 0.0393 e. The van der Waals surface area contributed by atoms with Crippen molar-refractivity contribution in [3.05, 3.63) is 29.3 Å². The molecule has 1 N–H and O–H groups in total. The van der Waals surface area contributed by atoms with Crippen LogP contribution >= 0.6 is 0 Å². The summed E-state index contributed by atoms with van der Waals surface area (Å²) in [6.07, 6.45) is 2.68. The van der Waals surface area contributed by atoms with Crippen LogP contribution in [0.2, 0.25) is 0 Å². The summed E-state index contributed by atoms with van der Waals surface area (Å²) in [5, 5.41) is 3.57. The molecule has 0 bridgehead atoms. The monoisotopic (exact) mass is 288 g/mol. The Morgan fingerprint density at radius 1 is 1.19 bits per heavy atom. The summed E-state index contributed by atoms with van der Waals surface area (Å²) >= 11 is 0. The van der Waals surface area contributed by atoms with Crippen LogP contribution in [0.3, 0.4) is 0 Å². The van der Waals surface area contributed by atoms with Gasteiger partial charge in [0.05, 0.1) is 0 Å². The topological polar surface area (TPSA) is 15.3 Å². The van der Waals surface area contributed by atoms with Crippen molar-refractivity contribution in [2.24, 2.45) is 17.8 Å². The highest BCUT2D eigenvalue weighted by Gasteiger charge is 2.33. The third-order valence-corrected chi connectivity index (χ3v) is 5.30. The third kappa shape index (κ3) is 3.79. The highest BCUT2D eigenvalue weighted by molar-refractivity contribution is 5.53. The standard InChI is InChI=1S/C19H32N2/c1-13-7-8-19(16(4)9-13)21(6)12-17-15(3)10-14(2)11-18(17)20-5/h7-9,14-15,17-18,20H,10-12H2,1-6H3. The molecule has 0 aromatic heterocycles.